The van der Waals surface area contributed by atoms with Crippen molar-refractivity contribution in [2.24, 2.45) is 7.05 Å². The Balaban J connectivity index is 1.58. The maximum Gasteiger partial charge on any atom is 0.323 e. The maximum absolute atomic E-state index is 12.5. The molecule has 0 fully saturated rings. The molecule has 0 bridgehead atoms. The van der Waals surface area contributed by atoms with E-state index in [0.717, 1.165) is 16.9 Å². The zero-order valence-electron chi connectivity index (χ0n) is 16.2. The summed E-state index contributed by atoms with van der Waals surface area (Å²) in [5.41, 5.74) is 4.01. The van der Waals surface area contributed by atoms with Crippen LogP contribution in [0.25, 0.3) is 0 Å². The number of benzene rings is 2. The molecule has 28 heavy (non-hydrogen) atoms. The van der Waals surface area contributed by atoms with E-state index in [2.05, 4.69) is 16.0 Å². The smallest absolute Gasteiger partial charge is 0.323 e. The summed E-state index contributed by atoms with van der Waals surface area (Å²) in [7, 11) is 1.87. The fourth-order valence-corrected chi connectivity index (χ4v) is 2.87. The summed E-state index contributed by atoms with van der Waals surface area (Å²) < 4.78 is 1.86. The first-order valence-electron chi connectivity index (χ1n) is 9.10. The predicted octanol–water partition coefficient (Wildman–Crippen LogP) is 4.47. The normalized spacial score (nSPS) is 11.5. The Hall–Kier alpha value is -3.54. The van der Waals surface area contributed by atoms with Crippen molar-refractivity contribution in [2.45, 2.75) is 19.9 Å². The van der Waals surface area contributed by atoms with Gasteiger partial charge in [-0.3, -0.25) is 4.79 Å². The molecule has 1 aromatic heterocycles. The van der Waals surface area contributed by atoms with E-state index in [9.17, 15) is 9.59 Å². The third-order valence-electron chi connectivity index (χ3n) is 4.65. The molecule has 1 unspecified atom stereocenters. The fraction of sp³-hybridized carbons (Fsp3) is 0.182. The number of para-hydroxylation sites is 1. The lowest BCUT2D eigenvalue weighted by Crippen LogP contribution is -2.28. The first-order chi connectivity index (χ1) is 13.4. The Kier molecular flexibility index (Phi) is 5.79. The number of amides is 3. The van der Waals surface area contributed by atoms with Crippen LogP contribution in [0.5, 0.6) is 0 Å². The molecular formula is C22H24N4O2. The number of nitrogens with zero attached hydrogens (tertiary/aromatic N) is 1. The molecule has 0 spiro atoms. The summed E-state index contributed by atoms with van der Waals surface area (Å²) in [5, 5.41) is 8.56. The van der Waals surface area contributed by atoms with Crippen LogP contribution in [-0.2, 0) is 7.05 Å². The summed E-state index contributed by atoms with van der Waals surface area (Å²) in [6.07, 6.45) is 0. The number of urea groups is 1. The lowest BCUT2D eigenvalue weighted by molar-refractivity contribution is 0.0931. The summed E-state index contributed by atoms with van der Waals surface area (Å²) in [6, 6.07) is 19.9. The average Bonchev–Trinajstić information content (AvgIpc) is 3.02. The molecule has 6 heteroatoms. The number of anilines is 2. The van der Waals surface area contributed by atoms with Gasteiger partial charge in [0.05, 0.1) is 6.04 Å². The van der Waals surface area contributed by atoms with Crippen molar-refractivity contribution in [3.8, 4) is 0 Å². The topological polar surface area (TPSA) is 75.2 Å². The van der Waals surface area contributed by atoms with Crippen molar-refractivity contribution in [1.82, 2.24) is 9.88 Å². The Morgan fingerprint density at radius 2 is 1.46 bits per heavy atom. The first-order valence-corrected chi connectivity index (χ1v) is 9.10. The van der Waals surface area contributed by atoms with Crippen LogP contribution in [-0.4, -0.2) is 16.5 Å². The number of aryl methyl sites for hydroxylation is 1. The van der Waals surface area contributed by atoms with Gasteiger partial charge in [0.1, 0.15) is 5.69 Å². The minimum Gasteiger partial charge on any atom is -0.344 e. The zero-order chi connectivity index (χ0) is 20.1. The average molecular weight is 376 g/mol. The standard InChI is InChI=1S/C22H24N4O2/c1-15-9-14-20(26(15)3)21(27)23-16(2)17-10-12-19(13-11-17)25-22(28)24-18-7-5-4-6-8-18/h4-14,16H,1-3H3,(H,23,27)(H2,24,25,28). The van der Waals surface area contributed by atoms with Gasteiger partial charge in [0.15, 0.2) is 0 Å². The number of carbonyl (C=O) groups is 2. The predicted molar refractivity (Wildman–Crippen MR) is 112 cm³/mol. The van der Waals surface area contributed by atoms with Gasteiger partial charge in [0, 0.05) is 24.1 Å². The summed E-state index contributed by atoms with van der Waals surface area (Å²) in [5.74, 6) is -0.118. The molecule has 144 valence electrons. The molecule has 0 aliphatic heterocycles. The lowest BCUT2D eigenvalue weighted by atomic mass is 10.1. The van der Waals surface area contributed by atoms with E-state index in [1.54, 1.807) is 0 Å². The Morgan fingerprint density at radius 3 is 2.04 bits per heavy atom. The Bertz CT molecular complexity index is 962. The molecule has 0 saturated heterocycles. The van der Waals surface area contributed by atoms with Crippen LogP contribution >= 0.6 is 0 Å². The maximum atomic E-state index is 12.5. The van der Waals surface area contributed by atoms with Gasteiger partial charge in [-0.1, -0.05) is 30.3 Å². The van der Waals surface area contributed by atoms with E-state index in [4.69, 9.17) is 0 Å². The largest absolute Gasteiger partial charge is 0.344 e. The van der Waals surface area contributed by atoms with E-state index in [-0.39, 0.29) is 18.0 Å². The van der Waals surface area contributed by atoms with Gasteiger partial charge in [-0.2, -0.15) is 0 Å². The van der Waals surface area contributed by atoms with Crippen LogP contribution in [0.2, 0.25) is 0 Å². The Morgan fingerprint density at radius 1 is 0.857 bits per heavy atom. The highest BCUT2D eigenvalue weighted by Crippen LogP contribution is 2.17. The fourth-order valence-electron chi connectivity index (χ4n) is 2.87. The second kappa shape index (κ2) is 8.43. The summed E-state index contributed by atoms with van der Waals surface area (Å²) in [4.78, 5) is 24.5. The van der Waals surface area contributed by atoms with Crippen molar-refractivity contribution in [3.63, 3.8) is 0 Å². The van der Waals surface area contributed by atoms with E-state index < -0.39 is 0 Å². The van der Waals surface area contributed by atoms with Crippen LogP contribution in [0, 0.1) is 6.92 Å². The Labute approximate surface area is 164 Å². The highest BCUT2D eigenvalue weighted by Gasteiger charge is 2.15. The first kappa shape index (κ1) is 19.2. The number of hydrogen-bond donors (Lipinski definition) is 3. The van der Waals surface area contributed by atoms with Crippen LogP contribution in [0.4, 0.5) is 16.2 Å². The van der Waals surface area contributed by atoms with Crippen molar-refractivity contribution in [3.05, 3.63) is 83.7 Å². The molecule has 2 aromatic carbocycles. The highest BCUT2D eigenvalue weighted by molar-refractivity contribution is 5.99. The van der Waals surface area contributed by atoms with Gasteiger partial charge in [-0.05, 0) is 55.8 Å². The zero-order valence-corrected chi connectivity index (χ0v) is 16.2. The molecule has 0 aliphatic rings. The molecule has 1 heterocycles. The lowest BCUT2D eigenvalue weighted by Gasteiger charge is -2.16. The summed E-state index contributed by atoms with van der Waals surface area (Å²) in [6.45, 7) is 3.89. The van der Waals surface area contributed by atoms with Gasteiger partial charge in [0.25, 0.3) is 5.91 Å². The minimum absolute atomic E-state index is 0.118. The van der Waals surface area contributed by atoms with E-state index in [1.165, 1.54) is 0 Å². The highest BCUT2D eigenvalue weighted by atomic mass is 16.2. The SMILES string of the molecule is Cc1ccc(C(=O)NC(C)c2ccc(NC(=O)Nc3ccccc3)cc2)n1C. The number of rotatable bonds is 5. The molecule has 3 amide bonds. The number of nitrogens with one attached hydrogen (secondary N) is 3. The third-order valence-corrected chi connectivity index (χ3v) is 4.65. The van der Waals surface area contributed by atoms with Gasteiger partial charge < -0.3 is 20.5 Å². The number of aromatic nitrogens is 1. The molecule has 6 nitrogen and oxygen atoms in total. The molecule has 0 saturated carbocycles. The molecule has 0 aliphatic carbocycles. The van der Waals surface area contributed by atoms with Crippen molar-refractivity contribution >= 4 is 23.3 Å². The van der Waals surface area contributed by atoms with Crippen LogP contribution < -0.4 is 16.0 Å². The van der Waals surface area contributed by atoms with Crippen molar-refractivity contribution in [2.75, 3.05) is 10.6 Å². The van der Waals surface area contributed by atoms with Gasteiger partial charge in [-0.15, -0.1) is 0 Å². The van der Waals surface area contributed by atoms with E-state index >= 15 is 0 Å². The van der Waals surface area contributed by atoms with E-state index in [0.29, 0.717) is 11.4 Å². The molecule has 3 aromatic rings. The van der Waals surface area contributed by atoms with E-state index in [1.807, 2.05) is 92.2 Å². The molecule has 3 rings (SSSR count). The number of carbonyl (C=O) groups excluding carboxylic acids is 2. The van der Waals surface area contributed by atoms with Crippen LogP contribution in [0.1, 0.15) is 34.7 Å². The minimum atomic E-state index is -0.306. The van der Waals surface area contributed by atoms with Gasteiger partial charge >= 0.3 is 6.03 Å². The molecule has 0 radical (unpaired) electrons. The van der Waals surface area contributed by atoms with Crippen molar-refractivity contribution in [1.29, 1.82) is 0 Å². The monoisotopic (exact) mass is 376 g/mol. The second-order valence-electron chi connectivity index (χ2n) is 6.68. The quantitative estimate of drug-likeness (QED) is 0.615. The number of hydrogen-bond acceptors (Lipinski definition) is 2. The second-order valence-corrected chi connectivity index (χ2v) is 6.68. The van der Waals surface area contributed by atoms with Crippen LogP contribution in [0.3, 0.4) is 0 Å². The molecule has 3 N–H and O–H groups in total. The van der Waals surface area contributed by atoms with Crippen molar-refractivity contribution < 1.29 is 9.59 Å². The molecule has 1 atom stereocenters. The van der Waals surface area contributed by atoms with Crippen LogP contribution in [0.15, 0.2) is 66.7 Å². The van der Waals surface area contributed by atoms with Gasteiger partial charge in [-0.25, -0.2) is 4.79 Å². The third kappa shape index (κ3) is 4.59. The van der Waals surface area contributed by atoms with Gasteiger partial charge in [0.2, 0.25) is 0 Å². The summed E-state index contributed by atoms with van der Waals surface area (Å²) >= 11 is 0. The molecular weight excluding hydrogens is 352 g/mol.